The van der Waals surface area contributed by atoms with Gasteiger partial charge in [-0.25, -0.2) is 4.79 Å². The monoisotopic (exact) mass is 295 g/mol. The molecule has 1 aliphatic rings. The largest absolute Gasteiger partial charge is 0.490 e. The Morgan fingerprint density at radius 2 is 1.95 bits per heavy atom. The molecule has 1 amide bonds. The number of nitrogens with one attached hydrogen (secondary N) is 1. The lowest BCUT2D eigenvalue weighted by molar-refractivity contribution is -0.143. The Labute approximate surface area is 121 Å². The Balaban J connectivity index is 1.81. The van der Waals surface area contributed by atoms with Gasteiger partial charge in [0.1, 0.15) is 13.2 Å². The van der Waals surface area contributed by atoms with Crippen molar-refractivity contribution in [2.75, 3.05) is 26.4 Å². The molecule has 0 aliphatic carbocycles. The molecule has 0 unspecified atom stereocenters. The molecule has 1 heterocycles. The van der Waals surface area contributed by atoms with Gasteiger partial charge in [0.05, 0.1) is 13.2 Å². The van der Waals surface area contributed by atoms with E-state index < -0.39 is 12.6 Å². The van der Waals surface area contributed by atoms with Crippen molar-refractivity contribution < 1.29 is 28.9 Å². The lowest BCUT2D eigenvalue weighted by atomic mass is 10.2. The predicted octanol–water partition coefficient (Wildman–Crippen LogP) is 0.565. The highest BCUT2D eigenvalue weighted by Gasteiger charge is 2.11. The van der Waals surface area contributed by atoms with Crippen molar-refractivity contribution in [1.29, 1.82) is 0 Å². The van der Waals surface area contributed by atoms with Crippen LogP contribution in [0.3, 0.4) is 0 Å². The zero-order valence-corrected chi connectivity index (χ0v) is 11.5. The number of rotatable bonds is 6. The van der Waals surface area contributed by atoms with Crippen LogP contribution in [-0.4, -0.2) is 43.4 Å². The van der Waals surface area contributed by atoms with Crippen LogP contribution in [-0.2, 0) is 20.9 Å². The van der Waals surface area contributed by atoms with Gasteiger partial charge in [-0.05, 0) is 17.7 Å². The summed E-state index contributed by atoms with van der Waals surface area (Å²) in [6.07, 6.45) is 0.835. The third kappa shape index (κ3) is 4.96. The molecule has 114 valence electrons. The zero-order valence-electron chi connectivity index (χ0n) is 11.5. The molecule has 2 N–H and O–H groups in total. The summed E-state index contributed by atoms with van der Waals surface area (Å²) in [5, 5.41) is 11.0. The first-order valence-electron chi connectivity index (χ1n) is 6.60. The van der Waals surface area contributed by atoms with Crippen LogP contribution in [0.2, 0.25) is 0 Å². The topological polar surface area (TPSA) is 94.1 Å². The fourth-order valence-corrected chi connectivity index (χ4v) is 1.80. The molecular formula is C14H17NO6. The summed E-state index contributed by atoms with van der Waals surface area (Å²) >= 11 is 0. The molecule has 1 aliphatic heterocycles. The Bertz CT molecular complexity index is 516. The van der Waals surface area contributed by atoms with Gasteiger partial charge in [0, 0.05) is 13.0 Å². The van der Waals surface area contributed by atoms with E-state index in [0.717, 1.165) is 12.0 Å². The normalized spacial score (nSPS) is 13.3. The number of carbonyl (C=O) groups is 2. The van der Waals surface area contributed by atoms with E-state index in [-0.39, 0.29) is 12.5 Å². The molecule has 0 spiro atoms. The first kappa shape index (κ1) is 15.1. The minimum atomic E-state index is -1.11. The number of benzene rings is 1. The van der Waals surface area contributed by atoms with E-state index in [1.165, 1.54) is 0 Å². The van der Waals surface area contributed by atoms with Gasteiger partial charge in [-0.1, -0.05) is 6.07 Å². The van der Waals surface area contributed by atoms with Gasteiger partial charge < -0.3 is 24.6 Å². The Hall–Kier alpha value is -2.28. The SMILES string of the molecule is O=C(O)COCC(=O)NCc1ccc2c(c1)OCCCO2. The van der Waals surface area contributed by atoms with E-state index in [0.29, 0.717) is 31.3 Å². The molecular weight excluding hydrogens is 278 g/mol. The van der Waals surface area contributed by atoms with Gasteiger partial charge in [0.2, 0.25) is 5.91 Å². The lowest BCUT2D eigenvalue weighted by Crippen LogP contribution is -2.28. The van der Waals surface area contributed by atoms with Gasteiger partial charge in [0.15, 0.2) is 11.5 Å². The van der Waals surface area contributed by atoms with E-state index in [1.54, 1.807) is 0 Å². The molecule has 0 saturated carbocycles. The Kier molecular flexibility index (Phi) is 5.39. The highest BCUT2D eigenvalue weighted by atomic mass is 16.5. The zero-order chi connectivity index (χ0) is 15.1. The van der Waals surface area contributed by atoms with Crippen molar-refractivity contribution in [2.24, 2.45) is 0 Å². The highest BCUT2D eigenvalue weighted by molar-refractivity contribution is 5.77. The fraction of sp³-hybridized carbons (Fsp3) is 0.429. The third-order valence-electron chi connectivity index (χ3n) is 2.76. The van der Waals surface area contributed by atoms with Gasteiger partial charge >= 0.3 is 5.97 Å². The molecule has 21 heavy (non-hydrogen) atoms. The minimum Gasteiger partial charge on any atom is -0.490 e. The number of carbonyl (C=O) groups excluding carboxylic acids is 1. The summed E-state index contributed by atoms with van der Waals surface area (Å²) in [4.78, 5) is 21.7. The van der Waals surface area contributed by atoms with E-state index >= 15 is 0 Å². The van der Waals surface area contributed by atoms with Crippen molar-refractivity contribution in [2.45, 2.75) is 13.0 Å². The summed E-state index contributed by atoms with van der Waals surface area (Å²) in [7, 11) is 0. The minimum absolute atomic E-state index is 0.281. The van der Waals surface area contributed by atoms with E-state index in [4.69, 9.17) is 19.3 Å². The molecule has 0 atom stereocenters. The Morgan fingerprint density at radius 3 is 2.71 bits per heavy atom. The molecule has 1 aromatic rings. The van der Waals surface area contributed by atoms with Crippen LogP contribution in [0.1, 0.15) is 12.0 Å². The molecule has 0 aromatic heterocycles. The van der Waals surface area contributed by atoms with Crippen molar-refractivity contribution in [1.82, 2.24) is 5.32 Å². The highest BCUT2D eigenvalue weighted by Crippen LogP contribution is 2.30. The summed E-state index contributed by atoms with van der Waals surface area (Å²) in [5.41, 5.74) is 0.867. The number of ether oxygens (including phenoxy) is 3. The lowest BCUT2D eigenvalue weighted by Gasteiger charge is -2.10. The maximum absolute atomic E-state index is 11.5. The van der Waals surface area contributed by atoms with Crippen LogP contribution < -0.4 is 14.8 Å². The predicted molar refractivity (Wildman–Crippen MR) is 72.4 cm³/mol. The number of hydrogen-bond donors (Lipinski definition) is 2. The molecule has 2 rings (SSSR count). The summed E-state index contributed by atoms with van der Waals surface area (Å²) in [5.74, 6) is -0.109. The molecule has 0 saturated heterocycles. The number of amides is 1. The van der Waals surface area contributed by atoms with E-state index in [1.807, 2.05) is 18.2 Å². The molecule has 7 heteroatoms. The smallest absolute Gasteiger partial charge is 0.329 e. The summed E-state index contributed by atoms with van der Waals surface area (Å²) < 4.78 is 15.8. The second kappa shape index (κ2) is 7.49. The fourth-order valence-electron chi connectivity index (χ4n) is 1.80. The number of aliphatic carboxylic acids is 1. The summed E-state index contributed by atoms with van der Waals surface area (Å²) in [6, 6.07) is 5.47. The van der Waals surface area contributed by atoms with Crippen molar-refractivity contribution >= 4 is 11.9 Å². The third-order valence-corrected chi connectivity index (χ3v) is 2.76. The average Bonchev–Trinajstić information content (AvgIpc) is 2.69. The van der Waals surface area contributed by atoms with E-state index in [2.05, 4.69) is 5.32 Å². The van der Waals surface area contributed by atoms with Gasteiger partial charge in [-0.15, -0.1) is 0 Å². The number of fused-ring (bicyclic) bond motifs is 1. The van der Waals surface area contributed by atoms with Gasteiger partial charge in [0.25, 0.3) is 0 Å². The second-order valence-corrected chi connectivity index (χ2v) is 4.49. The second-order valence-electron chi connectivity index (χ2n) is 4.49. The molecule has 0 radical (unpaired) electrons. The standard InChI is InChI=1S/C14H17NO6/c16-13(8-19-9-14(17)18)15-7-10-2-3-11-12(6-10)21-5-1-4-20-11/h2-3,6H,1,4-5,7-9H2,(H,15,16)(H,17,18). The molecule has 0 fully saturated rings. The number of hydrogen-bond acceptors (Lipinski definition) is 5. The first-order chi connectivity index (χ1) is 10.1. The van der Waals surface area contributed by atoms with Crippen molar-refractivity contribution in [3.05, 3.63) is 23.8 Å². The molecule has 1 aromatic carbocycles. The van der Waals surface area contributed by atoms with Crippen LogP contribution in [0.5, 0.6) is 11.5 Å². The average molecular weight is 295 g/mol. The maximum atomic E-state index is 11.5. The van der Waals surface area contributed by atoms with Gasteiger partial charge in [-0.2, -0.15) is 0 Å². The van der Waals surface area contributed by atoms with Gasteiger partial charge in [-0.3, -0.25) is 4.79 Å². The van der Waals surface area contributed by atoms with Crippen LogP contribution in [0.15, 0.2) is 18.2 Å². The van der Waals surface area contributed by atoms with Crippen molar-refractivity contribution in [3.63, 3.8) is 0 Å². The van der Waals surface area contributed by atoms with E-state index in [9.17, 15) is 9.59 Å². The van der Waals surface area contributed by atoms with Crippen LogP contribution in [0.25, 0.3) is 0 Å². The first-order valence-corrected chi connectivity index (χ1v) is 6.60. The maximum Gasteiger partial charge on any atom is 0.329 e. The van der Waals surface area contributed by atoms with Crippen LogP contribution in [0.4, 0.5) is 0 Å². The van der Waals surface area contributed by atoms with Crippen molar-refractivity contribution in [3.8, 4) is 11.5 Å². The number of carboxylic acid groups (broad SMARTS) is 1. The summed E-state index contributed by atoms with van der Waals surface area (Å²) in [6.45, 7) is 0.774. The molecule has 0 bridgehead atoms. The quantitative estimate of drug-likeness (QED) is 0.796. The Morgan fingerprint density at radius 1 is 1.19 bits per heavy atom. The van der Waals surface area contributed by atoms with Crippen LogP contribution in [0, 0.1) is 0 Å². The van der Waals surface area contributed by atoms with Crippen LogP contribution >= 0.6 is 0 Å². The molecule has 7 nitrogen and oxygen atoms in total. The number of carboxylic acids is 1.